The zero-order chi connectivity index (χ0) is 13.4. The van der Waals surface area contributed by atoms with Gasteiger partial charge in [0.2, 0.25) is 5.91 Å². The van der Waals surface area contributed by atoms with E-state index >= 15 is 0 Å². The molecule has 1 heterocycles. The third-order valence-electron chi connectivity index (χ3n) is 2.39. The lowest BCUT2D eigenvalue weighted by Gasteiger charge is -2.15. The van der Waals surface area contributed by atoms with Gasteiger partial charge in [-0.05, 0) is 18.6 Å². The lowest BCUT2D eigenvalue weighted by molar-refractivity contribution is -0.682. The number of carbonyl (C=O) groups excluding carboxylic acids is 2. The van der Waals surface area contributed by atoms with E-state index in [1.807, 2.05) is 6.92 Å². The minimum absolute atomic E-state index is 0.114. The van der Waals surface area contributed by atoms with Crippen LogP contribution in [-0.4, -0.2) is 29.4 Å². The maximum Gasteiger partial charge on any atom is 0.230 e. The lowest BCUT2D eigenvalue weighted by atomic mass is 10.2. The number of pyridine rings is 1. The summed E-state index contributed by atoms with van der Waals surface area (Å²) in [6, 6.07) is 2.53. The summed E-state index contributed by atoms with van der Waals surface area (Å²) in [5, 5.41) is 15.1. The Bertz CT molecular complexity index is 395. The first kappa shape index (κ1) is 14.1. The lowest BCUT2D eigenvalue weighted by Crippen LogP contribution is -2.93. The van der Waals surface area contributed by atoms with Crippen molar-refractivity contribution >= 4 is 17.6 Å². The number of carbonyl (C=O) groups is 2. The van der Waals surface area contributed by atoms with Crippen molar-refractivity contribution in [3.63, 3.8) is 0 Å². The fourth-order valence-electron chi connectivity index (χ4n) is 1.48. The summed E-state index contributed by atoms with van der Waals surface area (Å²) < 4.78 is 0. The predicted molar refractivity (Wildman–Crippen MR) is 63.4 cm³/mol. The number of amides is 1. The van der Waals surface area contributed by atoms with Crippen molar-refractivity contribution in [2.75, 3.05) is 11.9 Å². The second-order valence-electron chi connectivity index (χ2n) is 3.94. The third-order valence-corrected chi connectivity index (χ3v) is 2.39. The van der Waals surface area contributed by atoms with Crippen LogP contribution in [0.3, 0.4) is 0 Å². The topological polar surface area (TPSA) is 98.7 Å². The summed E-state index contributed by atoms with van der Waals surface area (Å²) in [6.45, 7) is 2.59. The van der Waals surface area contributed by atoms with E-state index in [2.05, 4.69) is 10.3 Å². The molecule has 0 aliphatic heterocycles. The first-order valence-corrected chi connectivity index (χ1v) is 5.87. The van der Waals surface area contributed by atoms with Gasteiger partial charge in [-0.3, -0.25) is 9.78 Å². The summed E-state index contributed by atoms with van der Waals surface area (Å²) in [5.74, 6) is -1.57. The Morgan fingerprint density at radius 2 is 2.33 bits per heavy atom. The quantitative estimate of drug-likeness (QED) is 0.616. The molecule has 1 rings (SSSR count). The highest BCUT2D eigenvalue weighted by atomic mass is 16.4. The minimum Gasteiger partial charge on any atom is -0.544 e. The number of aliphatic carboxylic acids is 1. The second kappa shape index (κ2) is 7.39. The molecule has 6 nitrogen and oxygen atoms in total. The van der Waals surface area contributed by atoms with Crippen LogP contribution in [0.2, 0.25) is 0 Å². The second-order valence-corrected chi connectivity index (χ2v) is 3.94. The molecule has 18 heavy (non-hydrogen) atoms. The van der Waals surface area contributed by atoms with Crippen molar-refractivity contribution in [2.24, 2.45) is 0 Å². The number of hydrogen-bond acceptors (Lipinski definition) is 4. The molecular weight excluding hydrogens is 234 g/mol. The van der Waals surface area contributed by atoms with Gasteiger partial charge in [0.25, 0.3) is 0 Å². The number of rotatable bonds is 7. The summed E-state index contributed by atoms with van der Waals surface area (Å²) >= 11 is 0. The maximum absolute atomic E-state index is 11.6. The summed E-state index contributed by atoms with van der Waals surface area (Å²) in [5.41, 5.74) is 0.551. The van der Waals surface area contributed by atoms with Crippen LogP contribution in [-0.2, 0) is 9.59 Å². The van der Waals surface area contributed by atoms with E-state index in [4.69, 9.17) is 0 Å². The highest BCUT2D eigenvalue weighted by Gasteiger charge is 2.17. The number of carboxylic acids is 1. The predicted octanol–water partition coefficient (Wildman–Crippen LogP) is -1.50. The van der Waals surface area contributed by atoms with E-state index in [9.17, 15) is 14.7 Å². The molecule has 0 spiro atoms. The number of nitrogens with two attached hydrogens (primary N) is 1. The molecule has 0 saturated carbocycles. The Kier molecular flexibility index (Phi) is 5.79. The Balaban J connectivity index is 2.48. The maximum atomic E-state index is 11.6. The SMILES string of the molecule is CCC[NH2+][C@@H](CC(=O)Nc1cccnc1)C(=O)[O-]. The van der Waals surface area contributed by atoms with Gasteiger partial charge in [-0.2, -0.15) is 0 Å². The van der Waals surface area contributed by atoms with Crippen molar-refractivity contribution in [1.82, 2.24) is 4.98 Å². The number of nitrogens with zero attached hydrogens (tertiary/aromatic N) is 1. The molecule has 0 fully saturated rings. The molecule has 1 aromatic rings. The molecule has 1 amide bonds. The van der Waals surface area contributed by atoms with Gasteiger partial charge in [-0.15, -0.1) is 0 Å². The average Bonchev–Trinajstić information content (AvgIpc) is 2.35. The van der Waals surface area contributed by atoms with Crippen molar-refractivity contribution in [3.8, 4) is 0 Å². The fourth-order valence-corrected chi connectivity index (χ4v) is 1.48. The zero-order valence-electron chi connectivity index (χ0n) is 10.3. The van der Waals surface area contributed by atoms with E-state index in [-0.39, 0.29) is 12.3 Å². The average molecular weight is 251 g/mol. The van der Waals surface area contributed by atoms with Gasteiger partial charge < -0.3 is 20.5 Å². The van der Waals surface area contributed by atoms with Crippen LogP contribution >= 0.6 is 0 Å². The van der Waals surface area contributed by atoms with E-state index in [1.54, 1.807) is 23.6 Å². The molecule has 0 bridgehead atoms. The highest BCUT2D eigenvalue weighted by Crippen LogP contribution is 2.03. The fraction of sp³-hybridized carbons (Fsp3) is 0.417. The molecule has 0 aliphatic carbocycles. The van der Waals surface area contributed by atoms with Crippen LogP contribution in [0, 0.1) is 0 Å². The molecule has 0 aliphatic rings. The Morgan fingerprint density at radius 1 is 1.56 bits per heavy atom. The van der Waals surface area contributed by atoms with Gasteiger partial charge >= 0.3 is 0 Å². The minimum atomic E-state index is -1.22. The van der Waals surface area contributed by atoms with Crippen LogP contribution in [0.25, 0.3) is 0 Å². The summed E-state index contributed by atoms with van der Waals surface area (Å²) in [7, 11) is 0. The Morgan fingerprint density at radius 3 is 2.89 bits per heavy atom. The van der Waals surface area contributed by atoms with Crippen molar-refractivity contribution < 1.29 is 20.0 Å². The molecule has 1 atom stereocenters. The van der Waals surface area contributed by atoms with E-state index in [1.165, 1.54) is 6.20 Å². The van der Waals surface area contributed by atoms with Gasteiger partial charge in [0, 0.05) is 6.20 Å². The number of hydrogen-bond donors (Lipinski definition) is 2. The van der Waals surface area contributed by atoms with Crippen LogP contribution in [0.4, 0.5) is 5.69 Å². The standard InChI is InChI=1S/C12H17N3O3/c1-2-5-14-10(12(17)18)7-11(16)15-9-4-3-6-13-8-9/h3-4,6,8,10,14H,2,5,7H2,1H3,(H,15,16)(H,17,18)/t10-/m0/s1. The van der Waals surface area contributed by atoms with Gasteiger partial charge in [-0.1, -0.05) is 6.92 Å². The first-order chi connectivity index (χ1) is 8.63. The van der Waals surface area contributed by atoms with Gasteiger partial charge in [-0.25, -0.2) is 0 Å². The smallest absolute Gasteiger partial charge is 0.230 e. The number of nitrogens with one attached hydrogen (secondary N) is 1. The molecule has 1 aromatic heterocycles. The van der Waals surface area contributed by atoms with E-state index in [0.29, 0.717) is 12.2 Å². The van der Waals surface area contributed by atoms with Crippen LogP contribution in [0.15, 0.2) is 24.5 Å². The zero-order valence-corrected chi connectivity index (χ0v) is 10.3. The monoisotopic (exact) mass is 251 g/mol. The van der Waals surface area contributed by atoms with Crippen LogP contribution in [0.5, 0.6) is 0 Å². The normalized spacial score (nSPS) is 11.8. The van der Waals surface area contributed by atoms with Crippen molar-refractivity contribution in [1.29, 1.82) is 0 Å². The van der Waals surface area contributed by atoms with Crippen molar-refractivity contribution in [2.45, 2.75) is 25.8 Å². The molecular formula is C12H17N3O3. The highest BCUT2D eigenvalue weighted by molar-refractivity contribution is 5.93. The molecule has 0 saturated heterocycles. The largest absolute Gasteiger partial charge is 0.544 e. The summed E-state index contributed by atoms with van der Waals surface area (Å²) in [4.78, 5) is 26.3. The molecule has 6 heteroatoms. The number of carboxylic acid groups (broad SMARTS) is 1. The molecule has 0 aromatic carbocycles. The van der Waals surface area contributed by atoms with Gasteiger partial charge in [0.1, 0.15) is 6.04 Å². The van der Waals surface area contributed by atoms with Gasteiger partial charge in [0.05, 0.1) is 30.8 Å². The molecule has 0 unspecified atom stereocenters. The Hall–Kier alpha value is -1.95. The number of aromatic nitrogens is 1. The van der Waals surface area contributed by atoms with Crippen LogP contribution < -0.4 is 15.7 Å². The third kappa shape index (κ3) is 4.92. The van der Waals surface area contributed by atoms with E-state index < -0.39 is 12.0 Å². The molecule has 3 N–H and O–H groups in total. The first-order valence-electron chi connectivity index (χ1n) is 5.87. The van der Waals surface area contributed by atoms with Crippen molar-refractivity contribution in [3.05, 3.63) is 24.5 Å². The number of anilines is 1. The van der Waals surface area contributed by atoms with Crippen LogP contribution in [0.1, 0.15) is 19.8 Å². The number of quaternary nitrogens is 1. The molecule has 0 radical (unpaired) electrons. The molecule has 98 valence electrons. The van der Waals surface area contributed by atoms with Gasteiger partial charge in [0.15, 0.2) is 0 Å². The van der Waals surface area contributed by atoms with E-state index in [0.717, 1.165) is 6.42 Å². The Labute approximate surface area is 105 Å². The summed E-state index contributed by atoms with van der Waals surface area (Å²) in [6.07, 6.45) is 3.82.